The molecule has 1 fully saturated rings. The van der Waals surface area contributed by atoms with Crippen LogP contribution in [0.15, 0.2) is 23.4 Å². The van der Waals surface area contributed by atoms with E-state index in [0.717, 1.165) is 48.0 Å². The van der Waals surface area contributed by atoms with Gasteiger partial charge in [0, 0.05) is 19.6 Å². The molecule has 0 bridgehead atoms. The molecule has 1 N–H and O–H groups in total. The lowest BCUT2D eigenvalue weighted by atomic mass is 10.2. The summed E-state index contributed by atoms with van der Waals surface area (Å²) in [7, 11) is 0. The fourth-order valence-electron chi connectivity index (χ4n) is 2.89. The zero-order valence-electron chi connectivity index (χ0n) is 14.8. The number of nitrogens with one attached hydrogen (secondary N) is 1. The van der Waals surface area contributed by atoms with E-state index in [0.29, 0.717) is 24.4 Å². The number of benzene rings is 1. The Morgan fingerprint density at radius 2 is 2.15 bits per heavy atom. The Morgan fingerprint density at radius 3 is 2.96 bits per heavy atom. The molecule has 4 rings (SSSR count). The van der Waals surface area contributed by atoms with Crippen molar-refractivity contribution in [2.24, 2.45) is 0 Å². The fourth-order valence-corrected chi connectivity index (χ4v) is 4.23. The molecule has 3 aromatic rings. The number of hydrogen-bond donors (Lipinski definition) is 1. The van der Waals surface area contributed by atoms with Gasteiger partial charge in [0.15, 0.2) is 5.16 Å². The highest BCUT2D eigenvalue weighted by Crippen LogP contribution is 2.24. The first kappa shape index (κ1) is 18.1. The van der Waals surface area contributed by atoms with Crippen LogP contribution in [0.1, 0.15) is 6.92 Å². The lowest BCUT2D eigenvalue weighted by Crippen LogP contribution is -2.38. The van der Waals surface area contributed by atoms with E-state index >= 15 is 0 Å². The number of amides is 1. The topological polar surface area (TPSA) is 98.1 Å². The predicted octanol–water partition coefficient (Wildman–Crippen LogP) is 1.87. The Balaban J connectivity index is 1.41. The number of nitrogens with zero attached hydrogens (tertiary/aromatic N) is 6. The molecular formula is C16H19N7O2S2. The van der Waals surface area contributed by atoms with E-state index in [1.165, 1.54) is 11.8 Å². The van der Waals surface area contributed by atoms with E-state index in [2.05, 4.69) is 29.2 Å². The fraction of sp³-hybridized carbons (Fsp3) is 0.438. The van der Waals surface area contributed by atoms with E-state index < -0.39 is 0 Å². The maximum Gasteiger partial charge on any atom is 0.234 e. The van der Waals surface area contributed by atoms with Crippen molar-refractivity contribution in [2.45, 2.75) is 18.6 Å². The summed E-state index contributed by atoms with van der Waals surface area (Å²) in [5.74, 6) is 0.968. The van der Waals surface area contributed by atoms with Crippen LogP contribution in [-0.4, -0.2) is 61.5 Å². The minimum atomic E-state index is -0.112. The SMILES string of the molecule is CCn1c(SCC(=O)Nc2cccc3nsnc23)nnc1N1CCOCC1. The third-order valence-electron chi connectivity index (χ3n) is 4.20. The third kappa shape index (κ3) is 3.89. The quantitative estimate of drug-likeness (QED) is 0.621. The van der Waals surface area contributed by atoms with E-state index in [9.17, 15) is 4.79 Å². The van der Waals surface area contributed by atoms with Gasteiger partial charge in [0.2, 0.25) is 11.9 Å². The molecule has 1 aliphatic rings. The average molecular weight is 406 g/mol. The number of aromatic nitrogens is 5. The summed E-state index contributed by atoms with van der Waals surface area (Å²) in [5, 5.41) is 12.2. The summed E-state index contributed by atoms with van der Waals surface area (Å²) in [6.45, 7) is 5.78. The number of ether oxygens (including phenoxy) is 1. The van der Waals surface area contributed by atoms with Crippen LogP contribution in [0.5, 0.6) is 0 Å². The second kappa shape index (κ2) is 8.19. The summed E-state index contributed by atoms with van der Waals surface area (Å²) < 4.78 is 15.9. The van der Waals surface area contributed by atoms with Crippen molar-refractivity contribution in [1.29, 1.82) is 0 Å². The standard InChI is InChI=1S/C16H19N7O2S2/c1-2-23-15(22-6-8-25-9-7-22)18-19-16(23)26-10-13(24)17-11-4-3-5-12-14(11)21-27-20-12/h3-5H,2,6-10H2,1H3,(H,17,24). The molecule has 0 aliphatic carbocycles. The van der Waals surface area contributed by atoms with Gasteiger partial charge in [0.05, 0.1) is 36.4 Å². The number of carbonyl (C=O) groups is 1. The summed E-state index contributed by atoms with van der Waals surface area (Å²) >= 11 is 2.51. The van der Waals surface area contributed by atoms with Gasteiger partial charge in [-0.05, 0) is 19.1 Å². The Bertz CT molecular complexity index is 936. The first-order valence-electron chi connectivity index (χ1n) is 8.66. The van der Waals surface area contributed by atoms with Gasteiger partial charge in [-0.25, -0.2) is 0 Å². The molecule has 1 amide bonds. The second-order valence-corrected chi connectivity index (χ2v) is 7.37. The molecule has 0 radical (unpaired) electrons. The summed E-state index contributed by atoms with van der Waals surface area (Å²) in [6.07, 6.45) is 0. The van der Waals surface area contributed by atoms with Crippen LogP contribution in [0.3, 0.4) is 0 Å². The van der Waals surface area contributed by atoms with Crippen LogP contribution in [0, 0.1) is 0 Å². The molecule has 27 heavy (non-hydrogen) atoms. The van der Waals surface area contributed by atoms with Crippen LogP contribution >= 0.6 is 23.5 Å². The molecule has 0 saturated carbocycles. The van der Waals surface area contributed by atoms with Crippen molar-refractivity contribution in [1.82, 2.24) is 23.5 Å². The monoisotopic (exact) mass is 405 g/mol. The Kier molecular flexibility index (Phi) is 5.50. The smallest absolute Gasteiger partial charge is 0.234 e. The van der Waals surface area contributed by atoms with Crippen LogP contribution < -0.4 is 10.2 Å². The second-order valence-electron chi connectivity index (χ2n) is 5.90. The van der Waals surface area contributed by atoms with Crippen molar-refractivity contribution in [2.75, 3.05) is 42.3 Å². The Labute approximate surface area is 164 Å². The van der Waals surface area contributed by atoms with Crippen molar-refractivity contribution in [3.8, 4) is 0 Å². The number of anilines is 2. The summed E-state index contributed by atoms with van der Waals surface area (Å²) in [5.41, 5.74) is 2.18. The van der Waals surface area contributed by atoms with Gasteiger partial charge >= 0.3 is 0 Å². The van der Waals surface area contributed by atoms with Crippen LogP contribution in [0.4, 0.5) is 11.6 Å². The van der Waals surface area contributed by atoms with Crippen molar-refractivity contribution in [3.63, 3.8) is 0 Å². The molecule has 11 heteroatoms. The number of thioether (sulfide) groups is 1. The van der Waals surface area contributed by atoms with Crippen molar-refractivity contribution < 1.29 is 9.53 Å². The normalized spacial score (nSPS) is 14.6. The average Bonchev–Trinajstić information content (AvgIpc) is 3.34. The van der Waals surface area contributed by atoms with Crippen LogP contribution in [0.2, 0.25) is 0 Å². The Morgan fingerprint density at radius 1 is 1.30 bits per heavy atom. The molecule has 0 unspecified atom stereocenters. The van der Waals surface area contributed by atoms with E-state index in [1.807, 2.05) is 29.7 Å². The number of carbonyl (C=O) groups excluding carboxylic acids is 1. The molecule has 1 saturated heterocycles. The molecule has 3 heterocycles. The lowest BCUT2D eigenvalue weighted by Gasteiger charge is -2.27. The molecule has 2 aromatic heterocycles. The minimum absolute atomic E-state index is 0.112. The van der Waals surface area contributed by atoms with E-state index in [4.69, 9.17) is 4.74 Å². The van der Waals surface area contributed by atoms with Gasteiger partial charge < -0.3 is 15.0 Å². The van der Waals surface area contributed by atoms with E-state index in [-0.39, 0.29) is 11.7 Å². The molecule has 0 atom stereocenters. The maximum atomic E-state index is 12.4. The molecular weight excluding hydrogens is 386 g/mol. The number of hydrogen-bond acceptors (Lipinski definition) is 9. The first-order chi connectivity index (χ1) is 13.3. The predicted molar refractivity (Wildman–Crippen MR) is 105 cm³/mol. The number of rotatable bonds is 6. The molecule has 0 spiro atoms. The minimum Gasteiger partial charge on any atom is -0.378 e. The van der Waals surface area contributed by atoms with Crippen molar-refractivity contribution in [3.05, 3.63) is 18.2 Å². The highest BCUT2D eigenvalue weighted by Gasteiger charge is 2.20. The molecule has 1 aliphatic heterocycles. The Hall–Kier alpha value is -2.24. The number of morpholine rings is 1. The van der Waals surface area contributed by atoms with Gasteiger partial charge in [0.1, 0.15) is 11.0 Å². The molecule has 9 nitrogen and oxygen atoms in total. The van der Waals surface area contributed by atoms with Gasteiger partial charge in [-0.3, -0.25) is 9.36 Å². The third-order valence-corrected chi connectivity index (χ3v) is 5.71. The van der Waals surface area contributed by atoms with Gasteiger partial charge in [-0.15, -0.1) is 10.2 Å². The van der Waals surface area contributed by atoms with Gasteiger partial charge in [0.25, 0.3) is 0 Å². The maximum absolute atomic E-state index is 12.4. The first-order valence-corrected chi connectivity index (χ1v) is 10.4. The van der Waals surface area contributed by atoms with Gasteiger partial charge in [-0.2, -0.15) is 8.75 Å². The largest absolute Gasteiger partial charge is 0.378 e. The highest BCUT2D eigenvalue weighted by molar-refractivity contribution is 7.99. The van der Waals surface area contributed by atoms with Gasteiger partial charge in [-0.1, -0.05) is 17.8 Å². The van der Waals surface area contributed by atoms with E-state index in [1.54, 1.807) is 0 Å². The summed E-state index contributed by atoms with van der Waals surface area (Å²) in [4.78, 5) is 14.6. The zero-order chi connectivity index (χ0) is 18.6. The van der Waals surface area contributed by atoms with Crippen molar-refractivity contribution >= 4 is 52.1 Å². The zero-order valence-corrected chi connectivity index (χ0v) is 16.4. The molecule has 1 aromatic carbocycles. The molecule has 142 valence electrons. The number of fused-ring (bicyclic) bond motifs is 1. The lowest BCUT2D eigenvalue weighted by molar-refractivity contribution is -0.113. The van der Waals surface area contributed by atoms with Crippen LogP contribution in [0.25, 0.3) is 11.0 Å². The highest BCUT2D eigenvalue weighted by atomic mass is 32.2. The van der Waals surface area contributed by atoms with Crippen LogP contribution in [-0.2, 0) is 16.1 Å². The summed E-state index contributed by atoms with van der Waals surface area (Å²) in [6, 6.07) is 5.56.